The van der Waals surface area contributed by atoms with Crippen molar-refractivity contribution in [2.45, 2.75) is 24.7 Å². The van der Waals surface area contributed by atoms with Crippen LogP contribution in [0.25, 0.3) is 0 Å². The Morgan fingerprint density at radius 1 is 1.11 bits per heavy atom. The lowest BCUT2D eigenvalue weighted by molar-refractivity contribution is 0.0697. The second-order valence-electron chi connectivity index (χ2n) is 5.87. The van der Waals surface area contributed by atoms with Crippen LogP contribution in [0, 0.1) is 0 Å². The lowest BCUT2D eigenvalue weighted by atomic mass is 10.1. The van der Waals surface area contributed by atoms with Gasteiger partial charge in [0.15, 0.2) is 9.84 Å². The van der Waals surface area contributed by atoms with E-state index in [1.54, 1.807) is 0 Å². The summed E-state index contributed by atoms with van der Waals surface area (Å²) in [4.78, 5) is 23.9. The first-order chi connectivity index (χ1) is 12.8. The van der Waals surface area contributed by atoms with Crippen LogP contribution in [0.3, 0.4) is 0 Å². The average Bonchev–Trinajstić information content (AvgIpc) is 2.66. The number of hydrogen-bond acceptors (Lipinski definition) is 5. The van der Waals surface area contributed by atoms with Gasteiger partial charge in [0, 0.05) is 5.56 Å². The molecule has 0 aromatic heterocycles. The van der Waals surface area contributed by atoms with Crippen LogP contribution in [0.4, 0.5) is 5.69 Å². The zero-order valence-corrected chi connectivity index (χ0v) is 15.9. The maximum absolute atomic E-state index is 12.4. The van der Waals surface area contributed by atoms with Crippen molar-refractivity contribution in [3.63, 3.8) is 0 Å². The number of hydrogen-bond donors (Lipinski definition) is 2. The number of aromatic carboxylic acids is 1. The van der Waals surface area contributed by atoms with Gasteiger partial charge in [-0.15, -0.1) is 0 Å². The normalized spacial score (nSPS) is 11.0. The summed E-state index contributed by atoms with van der Waals surface area (Å²) in [6.07, 6.45) is 1.34. The Balaban J connectivity index is 2.21. The third-order valence-corrected chi connectivity index (χ3v) is 5.76. The van der Waals surface area contributed by atoms with Crippen LogP contribution < -0.4 is 10.1 Å². The fraction of sp³-hybridized carbons (Fsp3) is 0.263. The van der Waals surface area contributed by atoms with Crippen molar-refractivity contribution in [1.29, 1.82) is 0 Å². The standard InChI is InChI=1S/C19H21NO6S/c1-3-4-11-27(24,25)15-8-5-13(6-9-15)18(21)20-17-10-7-14(26-2)12-16(17)19(22)23/h5-10,12H,3-4,11H2,1-2H3,(H,20,21)(H,22,23). The molecule has 0 atom stereocenters. The number of anilines is 1. The zero-order chi connectivity index (χ0) is 20.0. The zero-order valence-electron chi connectivity index (χ0n) is 15.1. The molecule has 2 N–H and O–H groups in total. The summed E-state index contributed by atoms with van der Waals surface area (Å²) in [6.45, 7) is 1.91. The van der Waals surface area contributed by atoms with Gasteiger partial charge in [-0.2, -0.15) is 0 Å². The lowest BCUT2D eigenvalue weighted by Crippen LogP contribution is -2.15. The molecule has 2 aromatic carbocycles. The molecule has 0 fully saturated rings. The van der Waals surface area contributed by atoms with Gasteiger partial charge in [-0.25, -0.2) is 13.2 Å². The van der Waals surface area contributed by atoms with E-state index in [0.717, 1.165) is 6.42 Å². The molecule has 144 valence electrons. The number of benzene rings is 2. The summed E-state index contributed by atoms with van der Waals surface area (Å²) in [7, 11) is -1.96. The van der Waals surface area contributed by atoms with E-state index >= 15 is 0 Å². The van der Waals surface area contributed by atoms with Gasteiger partial charge in [0.1, 0.15) is 5.75 Å². The Morgan fingerprint density at radius 3 is 2.33 bits per heavy atom. The highest BCUT2D eigenvalue weighted by Crippen LogP contribution is 2.23. The lowest BCUT2D eigenvalue weighted by Gasteiger charge is -2.10. The second-order valence-corrected chi connectivity index (χ2v) is 7.98. The number of carbonyl (C=O) groups is 2. The number of sulfone groups is 1. The summed E-state index contributed by atoms with van der Waals surface area (Å²) in [5.74, 6) is -1.34. The molecule has 27 heavy (non-hydrogen) atoms. The van der Waals surface area contributed by atoms with Crippen LogP contribution in [0.2, 0.25) is 0 Å². The first-order valence-corrected chi connectivity index (χ1v) is 9.99. The number of amides is 1. The third kappa shape index (κ3) is 5.07. The van der Waals surface area contributed by atoms with E-state index < -0.39 is 21.7 Å². The Labute approximate surface area is 157 Å². The van der Waals surface area contributed by atoms with E-state index in [1.165, 1.54) is 49.6 Å². The molecular formula is C19H21NO6S. The molecule has 0 aliphatic rings. The Morgan fingerprint density at radius 2 is 1.78 bits per heavy atom. The van der Waals surface area contributed by atoms with Gasteiger partial charge in [0.25, 0.3) is 5.91 Å². The van der Waals surface area contributed by atoms with E-state index in [-0.39, 0.29) is 27.5 Å². The van der Waals surface area contributed by atoms with Gasteiger partial charge in [-0.3, -0.25) is 4.79 Å². The highest BCUT2D eigenvalue weighted by atomic mass is 32.2. The minimum atomic E-state index is -3.37. The van der Waals surface area contributed by atoms with Crippen molar-refractivity contribution in [2.24, 2.45) is 0 Å². The molecule has 1 amide bonds. The number of carboxylic acids is 1. The summed E-state index contributed by atoms with van der Waals surface area (Å²) in [5, 5.41) is 11.8. The highest BCUT2D eigenvalue weighted by Gasteiger charge is 2.17. The van der Waals surface area contributed by atoms with Crippen molar-refractivity contribution >= 4 is 27.4 Å². The predicted molar refractivity (Wildman–Crippen MR) is 101 cm³/mol. The third-order valence-electron chi connectivity index (χ3n) is 3.95. The first-order valence-electron chi connectivity index (χ1n) is 8.34. The molecule has 0 aliphatic heterocycles. The van der Waals surface area contributed by atoms with Gasteiger partial charge in [0.2, 0.25) is 0 Å². The van der Waals surface area contributed by atoms with Crippen molar-refractivity contribution in [3.8, 4) is 5.75 Å². The largest absolute Gasteiger partial charge is 0.497 e. The predicted octanol–water partition coefficient (Wildman–Crippen LogP) is 3.22. The number of nitrogens with one attached hydrogen (secondary N) is 1. The van der Waals surface area contributed by atoms with Crippen LogP contribution in [-0.2, 0) is 9.84 Å². The van der Waals surface area contributed by atoms with Crippen LogP contribution in [0.5, 0.6) is 5.75 Å². The highest BCUT2D eigenvalue weighted by molar-refractivity contribution is 7.91. The Bertz CT molecular complexity index is 935. The van der Waals surface area contributed by atoms with Gasteiger partial charge < -0.3 is 15.2 Å². The molecule has 0 unspecified atom stereocenters. The maximum Gasteiger partial charge on any atom is 0.337 e. The molecule has 2 rings (SSSR count). The topological polar surface area (TPSA) is 110 Å². The average molecular weight is 391 g/mol. The van der Waals surface area contributed by atoms with Crippen LogP contribution in [0.15, 0.2) is 47.4 Å². The minimum absolute atomic E-state index is 0.0584. The van der Waals surface area contributed by atoms with Crippen molar-refractivity contribution in [3.05, 3.63) is 53.6 Å². The van der Waals surface area contributed by atoms with Gasteiger partial charge >= 0.3 is 5.97 Å². The number of unbranched alkanes of at least 4 members (excludes halogenated alkanes) is 1. The van der Waals surface area contributed by atoms with E-state index in [2.05, 4.69) is 5.32 Å². The van der Waals surface area contributed by atoms with Crippen LogP contribution in [-0.4, -0.2) is 38.3 Å². The summed E-state index contributed by atoms with van der Waals surface area (Å²) in [5.41, 5.74) is 0.228. The van der Waals surface area contributed by atoms with E-state index in [4.69, 9.17) is 4.74 Å². The van der Waals surface area contributed by atoms with Crippen molar-refractivity contribution in [1.82, 2.24) is 0 Å². The van der Waals surface area contributed by atoms with Crippen molar-refractivity contribution in [2.75, 3.05) is 18.2 Å². The maximum atomic E-state index is 12.4. The van der Waals surface area contributed by atoms with Gasteiger partial charge in [0.05, 0.1) is 29.0 Å². The van der Waals surface area contributed by atoms with Crippen LogP contribution in [0.1, 0.15) is 40.5 Å². The summed E-state index contributed by atoms with van der Waals surface area (Å²) in [6, 6.07) is 9.84. The molecule has 7 nitrogen and oxygen atoms in total. The number of carboxylic acid groups (broad SMARTS) is 1. The quantitative estimate of drug-likeness (QED) is 0.715. The molecule has 0 radical (unpaired) electrons. The van der Waals surface area contributed by atoms with Gasteiger partial charge in [-0.1, -0.05) is 13.3 Å². The Kier molecular flexibility index (Phi) is 6.57. The molecule has 0 spiro atoms. The summed E-state index contributed by atoms with van der Waals surface area (Å²) < 4.78 is 29.3. The monoisotopic (exact) mass is 391 g/mol. The SMILES string of the molecule is CCCCS(=O)(=O)c1ccc(C(=O)Nc2ccc(OC)cc2C(=O)O)cc1. The molecule has 0 aliphatic carbocycles. The first kappa shape index (κ1) is 20.4. The molecule has 0 saturated carbocycles. The van der Waals surface area contributed by atoms with Gasteiger partial charge in [-0.05, 0) is 48.9 Å². The van der Waals surface area contributed by atoms with E-state index in [9.17, 15) is 23.1 Å². The number of ether oxygens (including phenoxy) is 1. The van der Waals surface area contributed by atoms with Crippen molar-refractivity contribution < 1.29 is 27.9 Å². The fourth-order valence-corrected chi connectivity index (χ4v) is 3.85. The fourth-order valence-electron chi connectivity index (χ4n) is 2.40. The number of methoxy groups -OCH3 is 1. The molecule has 8 heteroatoms. The smallest absolute Gasteiger partial charge is 0.337 e. The van der Waals surface area contributed by atoms with Crippen LogP contribution >= 0.6 is 0 Å². The molecule has 0 saturated heterocycles. The molecular weight excluding hydrogens is 370 g/mol. The molecule has 0 bridgehead atoms. The molecule has 2 aromatic rings. The summed E-state index contributed by atoms with van der Waals surface area (Å²) >= 11 is 0. The molecule has 0 heterocycles. The van der Waals surface area contributed by atoms with E-state index in [1.807, 2.05) is 6.92 Å². The number of rotatable bonds is 8. The Hall–Kier alpha value is -2.87. The number of carbonyl (C=O) groups excluding carboxylic acids is 1. The second kappa shape index (κ2) is 8.68. The minimum Gasteiger partial charge on any atom is -0.497 e. The van der Waals surface area contributed by atoms with E-state index in [0.29, 0.717) is 12.2 Å².